The highest BCUT2D eigenvalue weighted by molar-refractivity contribution is 5.19. The molecule has 1 N–H and O–H groups in total. The van der Waals surface area contributed by atoms with Gasteiger partial charge in [0, 0.05) is 31.2 Å². The second-order valence-corrected chi connectivity index (χ2v) is 6.14. The van der Waals surface area contributed by atoms with E-state index in [1.165, 1.54) is 12.0 Å². The Labute approximate surface area is 118 Å². The Morgan fingerprint density at radius 1 is 1.26 bits per heavy atom. The van der Waals surface area contributed by atoms with Crippen molar-refractivity contribution in [2.24, 2.45) is 5.92 Å². The van der Waals surface area contributed by atoms with Crippen LogP contribution in [-0.2, 0) is 0 Å². The molecule has 19 heavy (non-hydrogen) atoms. The Morgan fingerprint density at radius 2 is 1.95 bits per heavy atom. The topological polar surface area (TPSA) is 15.3 Å². The summed E-state index contributed by atoms with van der Waals surface area (Å²) in [5.41, 5.74) is 1.46. The minimum Gasteiger partial charge on any atom is -0.311 e. The summed E-state index contributed by atoms with van der Waals surface area (Å²) in [5.74, 6) is 0.697. The predicted octanol–water partition coefficient (Wildman–Crippen LogP) is 3.46. The van der Waals surface area contributed by atoms with E-state index in [0.29, 0.717) is 24.0 Å². The van der Waals surface area contributed by atoms with Crippen LogP contribution in [0, 0.1) is 5.92 Å². The lowest BCUT2D eigenvalue weighted by Gasteiger charge is -2.44. The molecule has 1 aliphatic heterocycles. The van der Waals surface area contributed by atoms with Crippen molar-refractivity contribution in [2.45, 2.75) is 52.2 Å². The molecule has 0 amide bonds. The van der Waals surface area contributed by atoms with Crippen LogP contribution in [0.4, 0.5) is 0 Å². The van der Waals surface area contributed by atoms with Gasteiger partial charge in [-0.3, -0.25) is 4.90 Å². The SMILES string of the molecule is CCC(c1ccccc1)N1CC(C(C)C)NCC1C. The molecule has 2 heteroatoms. The number of benzene rings is 1. The van der Waals surface area contributed by atoms with Gasteiger partial charge in [-0.25, -0.2) is 0 Å². The van der Waals surface area contributed by atoms with E-state index in [0.717, 1.165) is 13.1 Å². The molecule has 0 bridgehead atoms. The van der Waals surface area contributed by atoms with Crippen LogP contribution in [0.3, 0.4) is 0 Å². The van der Waals surface area contributed by atoms with Crippen molar-refractivity contribution in [3.63, 3.8) is 0 Å². The van der Waals surface area contributed by atoms with Crippen LogP contribution in [0.1, 0.15) is 45.7 Å². The van der Waals surface area contributed by atoms with Crippen LogP contribution < -0.4 is 5.32 Å². The van der Waals surface area contributed by atoms with Gasteiger partial charge >= 0.3 is 0 Å². The lowest BCUT2D eigenvalue weighted by Crippen LogP contribution is -2.57. The number of hydrogen-bond donors (Lipinski definition) is 1. The first-order chi connectivity index (χ1) is 9.13. The summed E-state index contributed by atoms with van der Waals surface area (Å²) >= 11 is 0. The van der Waals surface area contributed by atoms with E-state index in [1.807, 2.05) is 0 Å². The van der Waals surface area contributed by atoms with E-state index in [2.05, 4.69) is 68.2 Å². The van der Waals surface area contributed by atoms with E-state index in [4.69, 9.17) is 0 Å². The number of nitrogens with one attached hydrogen (secondary N) is 1. The zero-order chi connectivity index (χ0) is 13.8. The lowest BCUT2D eigenvalue weighted by atomic mass is 9.95. The highest BCUT2D eigenvalue weighted by atomic mass is 15.3. The summed E-state index contributed by atoms with van der Waals surface area (Å²) in [5, 5.41) is 3.69. The van der Waals surface area contributed by atoms with Gasteiger partial charge in [-0.2, -0.15) is 0 Å². The van der Waals surface area contributed by atoms with E-state index in [1.54, 1.807) is 0 Å². The van der Waals surface area contributed by atoms with Gasteiger partial charge < -0.3 is 5.32 Å². The van der Waals surface area contributed by atoms with Crippen LogP contribution >= 0.6 is 0 Å². The summed E-state index contributed by atoms with van der Waals surface area (Å²) in [4.78, 5) is 2.69. The molecule has 0 saturated carbocycles. The molecule has 0 aliphatic carbocycles. The quantitative estimate of drug-likeness (QED) is 0.892. The first kappa shape index (κ1) is 14.5. The van der Waals surface area contributed by atoms with Gasteiger partial charge in [0.05, 0.1) is 0 Å². The van der Waals surface area contributed by atoms with Gasteiger partial charge in [-0.05, 0) is 24.8 Å². The van der Waals surface area contributed by atoms with Crippen molar-refractivity contribution >= 4 is 0 Å². The Kier molecular flexibility index (Phi) is 5.00. The lowest BCUT2D eigenvalue weighted by molar-refractivity contribution is 0.0753. The standard InChI is InChI=1S/C17H28N2/c1-5-17(15-9-7-6-8-10-15)19-12-16(13(2)3)18-11-14(19)4/h6-10,13-14,16-18H,5,11-12H2,1-4H3. The van der Waals surface area contributed by atoms with Crippen LogP contribution in [0.2, 0.25) is 0 Å². The molecule has 3 unspecified atom stereocenters. The average Bonchev–Trinajstić information content (AvgIpc) is 2.42. The maximum Gasteiger partial charge on any atom is 0.0349 e. The van der Waals surface area contributed by atoms with Crippen molar-refractivity contribution < 1.29 is 0 Å². The fourth-order valence-electron chi connectivity index (χ4n) is 3.13. The van der Waals surface area contributed by atoms with Crippen molar-refractivity contribution in [3.8, 4) is 0 Å². The normalized spacial score (nSPS) is 26.6. The van der Waals surface area contributed by atoms with Gasteiger partial charge in [-0.1, -0.05) is 51.1 Å². The van der Waals surface area contributed by atoms with Crippen molar-refractivity contribution in [2.75, 3.05) is 13.1 Å². The molecule has 1 aromatic carbocycles. The molecule has 0 radical (unpaired) electrons. The third-order valence-corrected chi connectivity index (χ3v) is 4.43. The zero-order valence-electron chi connectivity index (χ0n) is 12.8. The Morgan fingerprint density at radius 3 is 2.53 bits per heavy atom. The maximum absolute atomic E-state index is 3.69. The minimum atomic E-state index is 0.555. The molecular formula is C17H28N2. The number of nitrogens with zero attached hydrogens (tertiary/aromatic N) is 1. The van der Waals surface area contributed by atoms with Gasteiger partial charge in [0.15, 0.2) is 0 Å². The molecule has 2 rings (SSSR count). The summed E-state index contributed by atoms with van der Waals surface area (Å²) in [6, 6.07) is 12.7. The predicted molar refractivity (Wildman–Crippen MR) is 82.3 cm³/mol. The maximum atomic E-state index is 3.69. The first-order valence-electron chi connectivity index (χ1n) is 7.67. The molecule has 1 heterocycles. The van der Waals surface area contributed by atoms with E-state index in [9.17, 15) is 0 Å². The molecule has 2 nitrogen and oxygen atoms in total. The molecule has 1 aliphatic rings. The summed E-state index contributed by atoms with van der Waals surface area (Å²) < 4.78 is 0. The smallest absolute Gasteiger partial charge is 0.0349 e. The highest BCUT2D eigenvalue weighted by Crippen LogP contribution is 2.28. The second kappa shape index (κ2) is 6.53. The minimum absolute atomic E-state index is 0.555. The van der Waals surface area contributed by atoms with E-state index < -0.39 is 0 Å². The fourth-order valence-corrected chi connectivity index (χ4v) is 3.13. The van der Waals surface area contributed by atoms with Gasteiger partial charge in [0.25, 0.3) is 0 Å². The highest BCUT2D eigenvalue weighted by Gasteiger charge is 2.31. The summed E-state index contributed by atoms with van der Waals surface area (Å²) in [6.45, 7) is 11.5. The number of hydrogen-bond acceptors (Lipinski definition) is 2. The van der Waals surface area contributed by atoms with Crippen molar-refractivity contribution in [1.82, 2.24) is 10.2 Å². The Bertz CT molecular complexity index is 374. The number of rotatable bonds is 4. The second-order valence-electron chi connectivity index (χ2n) is 6.14. The Balaban J connectivity index is 2.16. The van der Waals surface area contributed by atoms with E-state index in [-0.39, 0.29) is 0 Å². The van der Waals surface area contributed by atoms with Gasteiger partial charge in [0.1, 0.15) is 0 Å². The van der Waals surface area contributed by atoms with Gasteiger partial charge in [0.2, 0.25) is 0 Å². The number of piperazine rings is 1. The molecule has 3 atom stereocenters. The van der Waals surface area contributed by atoms with Crippen LogP contribution in [0.5, 0.6) is 0 Å². The van der Waals surface area contributed by atoms with Crippen LogP contribution in [-0.4, -0.2) is 30.1 Å². The van der Waals surface area contributed by atoms with Gasteiger partial charge in [-0.15, -0.1) is 0 Å². The zero-order valence-corrected chi connectivity index (χ0v) is 12.8. The third-order valence-electron chi connectivity index (χ3n) is 4.43. The van der Waals surface area contributed by atoms with Crippen molar-refractivity contribution in [1.29, 1.82) is 0 Å². The average molecular weight is 260 g/mol. The molecule has 1 saturated heterocycles. The molecule has 0 spiro atoms. The van der Waals surface area contributed by atoms with Crippen LogP contribution in [0.15, 0.2) is 30.3 Å². The molecule has 106 valence electrons. The Hall–Kier alpha value is -0.860. The molecule has 0 aromatic heterocycles. The monoisotopic (exact) mass is 260 g/mol. The third kappa shape index (κ3) is 3.37. The van der Waals surface area contributed by atoms with Crippen molar-refractivity contribution in [3.05, 3.63) is 35.9 Å². The fraction of sp³-hybridized carbons (Fsp3) is 0.647. The molecule has 1 fully saturated rings. The van der Waals surface area contributed by atoms with Crippen LogP contribution in [0.25, 0.3) is 0 Å². The van der Waals surface area contributed by atoms with E-state index >= 15 is 0 Å². The summed E-state index contributed by atoms with van der Waals surface area (Å²) in [7, 11) is 0. The molecular weight excluding hydrogens is 232 g/mol. The first-order valence-corrected chi connectivity index (χ1v) is 7.67. The molecule has 1 aromatic rings. The largest absolute Gasteiger partial charge is 0.311 e. The summed E-state index contributed by atoms with van der Waals surface area (Å²) in [6.07, 6.45) is 1.18.